The van der Waals surface area contributed by atoms with Gasteiger partial charge in [-0.25, -0.2) is 4.90 Å². The maximum atomic E-state index is 13.4. The van der Waals surface area contributed by atoms with E-state index in [1.165, 1.54) is 4.90 Å². The van der Waals surface area contributed by atoms with Gasteiger partial charge in [0.05, 0.1) is 28.0 Å². The van der Waals surface area contributed by atoms with E-state index in [4.69, 9.17) is 27.9 Å². The molecule has 2 aliphatic heterocycles. The molecule has 4 rings (SSSR count). The maximum absolute atomic E-state index is 13.4. The van der Waals surface area contributed by atoms with Crippen molar-refractivity contribution in [2.24, 2.45) is 17.8 Å². The fourth-order valence-corrected chi connectivity index (χ4v) is 6.17. The summed E-state index contributed by atoms with van der Waals surface area (Å²) in [4.78, 5) is 32.5. The SMILES string of the molecule is CC(C)CC(C)C(C)C(=O)N1C(=O)CCc2ccc(OCCCCN3CCN(c4cccc(Cl)c4Cl)CC3)cc21. The number of halogens is 2. The lowest BCUT2D eigenvalue weighted by Gasteiger charge is -2.36. The fourth-order valence-electron chi connectivity index (χ4n) is 5.75. The van der Waals surface area contributed by atoms with Crippen LogP contribution in [0.4, 0.5) is 11.4 Å². The number of unbranched alkanes of at least 4 members (excludes halogenated alkanes) is 1. The monoisotopic (exact) mass is 587 g/mol. The second-order valence-corrected chi connectivity index (χ2v) is 12.5. The van der Waals surface area contributed by atoms with E-state index < -0.39 is 0 Å². The number of rotatable bonds is 11. The minimum absolute atomic E-state index is 0.103. The molecule has 2 heterocycles. The summed E-state index contributed by atoms with van der Waals surface area (Å²) < 4.78 is 6.08. The molecule has 1 fully saturated rings. The molecule has 0 radical (unpaired) electrons. The van der Waals surface area contributed by atoms with Crippen LogP contribution in [0.3, 0.4) is 0 Å². The number of carbonyl (C=O) groups is 2. The summed E-state index contributed by atoms with van der Waals surface area (Å²) in [7, 11) is 0. The number of ether oxygens (including phenoxy) is 1. The number of amides is 2. The number of anilines is 2. The van der Waals surface area contributed by atoms with Crippen LogP contribution in [-0.2, 0) is 16.0 Å². The lowest BCUT2D eigenvalue weighted by Crippen LogP contribution is -2.46. The van der Waals surface area contributed by atoms with Crippen molar-refractivity contribution in [3.05, 3.63) is 52.0 Å². The number of aryl methyl sites for hydroxylation is 1. The highest BCUT2D eigenvalue weighted by Gasteiger charge is 2.34. The van der Waals surface area contributed by atoms with Crippen molar-refractivity contribution in [1.82, 2.24) is 4.90 Å². The smallest absolute Gasteiger partial charge is 0.236 e. The molecule has 2 atom stereocenters. The molecule has 0 saturated carbocycles. The number of hydrogen-bond acceptors (Lipinski definition) is 5. The van der Waals surface area contributed by atoms with Crippen LogP contribution in [0.1, 0.15) is 58.9 Å². The van der Waals surface area contributed by atoms with E-state index in [0.717, 1.165) is 63.2 Å². The van der Waals surface area contributed by atoms with Crippen LogP contribution in [0, 0.1) is 17.8 Å². The normalized spacial score (nSPS) is 17.6. The van der Waals surface area contributed by atoms with Gasteiger partial charge in [-0.15, -0.1) is 0 Å². The van der Waals surface area contributed by atoms with Gasteiger partial charge in [-0.05, 0) is 67.8 Å². The fraction of sp³-hybridized carbons (Fsp3) is 0.562. The highest BCUT2D eigenvalue weighted by atomic mass is 35.5. The van der Waals surface area contributed by atoms with Crippen molar-refractivity contribution in [2.75, 3.05) is 49.1 Å². The van der Waals surface area contributed by atoms with E-state index in [2.05, 4.69) is 30.6 Å². The van der Waals surface area contributed by atoms with E-state index in [9.17, 15) is 9.59 Å². The van der Waals surface area contributed by atoms with Gasteiger partial charge >= 0.3 is 0 Å². The lowest BCUT2D eigenvalue weighted by atomic mass is 9.86. The van der Waals surface area contributed by atoms with Gasteiger partial charge in [0.2, 0.25) is 11.8 Å². The molecule has 0 spiro atoms. The lowest BCUT2D eigenvalue weighted by molar-refractivity contribution is -0.129. The zero-order valence-corrected chi connectivity index (χ0v) is 25.8. The van der Waals surface area contributed by atoms with Gasteiger partial charge in [-0.2, -0.15) is 0 Å². The van der Waals surface area contributed by atoms with Crippen molar-refractivity contribution in [3.8, 4) is 5.75 Å². The zero-order chi connectivity index (χ0) is 28.8. The predicted molar refractivity (Wildman–Crippen MR) is 165 cm³/mol. The summed E-state index contributed by atoms with van der Waals surface area (Å²) in [6.07, 6.45) is 3.95. The van der Waals surface area contributed by atoms with Gasteiger partial charge in [0.25, 0.3) is 0 Å². The molecule has 0 bridgehead atoms. The molecule has 8 heteroatoms. The molecule has 0 N–H and O–H groups in total. The third-order valence-corrected chi connectivity index (χ3v) is 9.05. The Bertz CT molecular complexity index is 1180. The van der Waals surface area contributed by atoms with Gasteiger partial charge in [-0.3, -0.25) is 14.5 Å². The van der Waals surface area contributed by atoms with Gasteiger partial charge in [0.1, 0.15) is 5.75 Å². The highest BCUT2D eigenvalue weighted by Crippen LogP contribution is 2.35. The molecule has 2 aliphatic rings. The quantitative estimate of drug-likeness (QED) is 0.262. The van der Waals surface area contributed by atoms with Crippen molar-refractivity contribution >= 4 is 46.4 Å². The van der Waals surface area contributed by atoms with E-state index in [1.807, 2.05) is 43.3 Å². The van der Waals surface area contributed by atoms with Crippen LogP contribution in [0.25, 0.3) is 0 Å². The van der Waals surface area contributed by atoms with E-state index in [0.29, 0.717) is 46.8 Å². The number of imide groups is 1. The van der Waals surface area contributed by atoms with E-state index in [1.54, 1.807) is 0 Å². The topological polar surface area (TPSA) is 53.1 Å². The molecule has 2 amide bonds. The molecule has 6 nitrogen and oxygen atoms in total. The first-order valence-corrected chi connectivity index (χ1v) is 15.4. The molecular formula is C32H43Cl2N3O3. The van der Waals surface area contributed by atoms with Crippen molar-refractivity contribution in [2.45, 2.75) is 59.8 Å². The molecule has 0 aliphatic carbocycles. The predicted octanol–water partition coefficient (Wildman–Crippen LogP) is 7.10. The number of carbonyl (C=O) groups excluding carboxylic acids is 2. The molecule has 218 valence electrons. The summed E-state index contributed by atoms with van der Waals surface area (Å²) in [5.74, 6) is 0.993. The van der Waals surface area contributed by atoms with Crippen LogP contribution >= 0.6 is 23.2 Å². The molecule has 0 aromatic heterocycles. The molecule has 1 saturated heterocycles. The van der Waals surface area contributed by atoms with Crippen LogP contribution in [0.15, 0.2) is 36.4 Å². The highest BCUT2D eigenvalue weighted by molar-refractivity contribution is 6.43. The average molecular weight is 589 g/mol. The first kappa shape index (κ1) is 30.7. The Labute approximate surface area is 249 Å². The van der Waals surface area contributed by atoms with Gasteiger partial charge in [-0.1, -0.05) is 63.0 Å². The third-order valence-electron chi connectivity index (χ3n) is 8.24. The van der Waals surface area contributed by atoms with Crippen molar-refractivity contribution < 1.29 is 14.3 Å². The molecule has 2 unspecified atom stereocenters. The van der Waals surface area contributed by atoms with Gasteiger partial charge in [0.15, 0.2) is 0 Å². The zero-order valence-electron chi connectivity index (χ0n) is 24.3. The van der Waals surface area contributed by atoms with Crippen molar-refractivity contribution in [1.29, 1.82) is 0 Å². The summed E-state index contributed by atoms with van der Waals surface area (Å²) in [5.41, 5.74) is 2.73. The van der Waals surface area contributed by atoms with Crippen LogP contribution in [0.2, 0.25) is 10.0 Å². The Kier molecular flexibility index (Phi) is 10.8. The number of hydrogen-bond donors (Lipinski definition) is 0. The minimum atomic E-state index is -0.216. The summed E-state index contributed by atoms with van der Waals surface area (Å²) >= 11 is 12.6. The first-order chi connectivity index (χ1) is 19.2. The maximum Gasteiger partial charge on any atom is 0.236 e. The number of benzene rings is 2. The second kappa shape index (κ2) is 14.1. The molecule has 40 heavy (non-hydrogen) atoms. The molecule has 2 aromatic rings. The van der Waals surface area contributed by atoms with Crippen LogP contribution in [-0.4, -0.2) is 56.0 Å². The number of nitrogens with zero attached hydrogens (tertiary/aromatic N) is 3. The average Bonchev–Trinajstić information content (AvgIpc) is 2.93. The van der Waals surface area contributed by atoms with Gasteiger partial charge in [0, 0.05) is 44.6 Å². The summed E-state index contributed by atoms with van der Waals surface area (Å²) in [6.45, 7) is 13.8. The van der Waals surface area contributed by atoms with Gasteiger partial charge < -0.3 is 9.64 Å². The Balaban J connectivity index is 1.25. The number of fused-ring (bicyclic) bond motifs is 1. The Morgan fingerprint density at radius 3 is 2.42 bits per heavy atom. The van der Waals surface area contributed by atoms with Crippen LogP contribution < -0.4 is 14.5 Å². The molecular weight excluding hydrogens is 545 g/mol. The summed E-state index contributed by atoms with van der Waals surface area (Å²) in [5, 5.41) is 1.22. The largest absolute Gasteiger partial charge is 0.494 e. The molecule has 2 aromatic carbocycles. The Morgan fingerprint density at radius 2 is 1.70 bits per heavy atom. The Hall–Kier alpha value is -2.28. The Morgan fingerprint density at radius 1 is 0.950 bits per heavy atom. The second-order valence-electron chi connectivity index (χ2n) is 11.7. The minimum Gasteiger partial charge on any atom is -0.494 e. The van der Waals surface area contributed by atoms with Crippen LogP contribution in [0.5, 0.6) is 5.75 Å². The van der Waals surface area contributed by atoms with E-state index >= 15 is 0 Å². The third kappa shape index (κ3) is 7.51. The van der Waals surface area contributed by atoms with E-state index in [-0.39, 0.29) is 23.7 Å². The number of piperazine rings is 1. The van der Waals surface area contributed by atoms with Crippen molar-refractivity contribution in [3.63, 3.8) is 0 Å². The first-order valence-electron chi connectivity index (χ1n) is 14.7. The standard InChI is InChI=1S/C32H43Cl2N3O3/c1-22(2)20-23(3)24(4)32(39)37-29-21-26(12-10-25(29)11-13-30(37)38)40-19-6-5-14-35-15-17-36(18-16-35)28-9-7-8-27(33)31(28)34/h7-10,12,21-24H,5-6,11,13-20H2,1-4H3. The summed E-state index contributed by atoms with van der Waals surface area (Å²) in [6, 6.07) is 11.6.